The minimum absolute atomic E-state index is 0.163. The lowest BCUT2D eigenvalue weighted by Gasteiger charge is -2.17. The third-order valence-electron chi connectivity index (χ3n) is 3.81. The van der Waals surface area contributed by atoms with E-state index in [2.05, 4.69) is 10.4 Å². The minimum atomic E-state index is -1.51. The van der Waals surface area contributed by atoms with Gasteiger partial charge in [0.1, 0.15) is 11.7 Å². The van der Waals surface area contributed by atoms with Crippen molar-refractivity contribution >= 4 is 28.3 Å². The van der Waals surface area contributed by atoms with E-state index in [4.69, 9.17) is 0 Å². The predicted octanol–water partition coefficient (Wildman–Crippen LogP) is 0.960. The Morgan fingerprint density at radius 3 is 2.28 bits per heavy atom. The number of carbonyl (C=O) groups excluding carboxylic acids is 2. The van der Waals surface area contributed by atoms with Gasteiger partial charge >= 0.3 is 0 Å². The number of anilines is 1. The molecule has 0 aliphatic rings. The third-order valence-corrected chi connectivity index (χ3v) is 3.81. The summed E-state index contributed by atoms with van der Waals surface area (Å²) >= 11 is 0. The number of hydrogen-bond donors (Lipinski definition) is 1. The van der Waals surface area contributed by atoms with E-state index in [0.717, 1.165) is 4.68 Å². The average Bonchev–Trinajstić information content (AvgIpc) is 2.62. The highest BCUT2D eigenvalue weighted by molar-refractivity contribution is 6.00. The molecule has 7 heteroatoms. The van der Waals surface area contributed by atoms with E-state index in [-0.39, 0.29) is 16.5 Å². The van der Waals surface area contributed by atoms with Crippen LogP contribution in [0.5, 0.6) is 0 Å². The zero-order valence-electron chi connectivity index (χ0n) is 13.3. The van der Waals surface area contributed by atoms with E-state index in [9.17, 15) is 19.5 Å². The van der Waals surface area contributed by atoms with Gasteiger partial charge in [-0.3, -0.25) is 9.59 Å². The lowest BCUT2D eigenvalue weighted by atomic mass is 10.1. The van der Waals surface area contributed by atoms with Crippen LogP contribution < -0.4 is 16.0 Å². The summed E-state index contributed by atoms with van der Waals surface area (Å²) in [7, 11) is 0. The SMILES string of the molecule is C[C@H](C(=O)Nc1ccccc1)n1nc(C(=O)[O-])c2ccccc2c1=O. The summed E-state index contributed by atoms with van der Waals surface area (Å²) in [6, 6.07) is 13.9. The molecule has 126 valence electrons. The van der Waals surface area contributed by atoms with E-state index in [1.54, 1.807) is 42.5 Å². The summed E-state index contributed by atoms with van der Waals surface area (Å²) in [5.41, 5.74) is -0.362. The summed E-state index contributed by atoms with van der Waals surface area (Å²) in [4.78, 5) is 36.4. The largest absolute Gasteiger partial charge is 0.543 e. The van der Waals surface area contributed by atoms with E-state index in [1.165, 1.54) is 19.1 Å². The zero-order chi connectivity index (χ0) is 18.0. The Labute approximate surface area is 142 Å². The Kier molecular flexibility index (Phi) is 4.30. The molecule has 0 aliphatic carbocycles. The average molecular weight is 336 g/mol. The van der Waals surface area contributed by atoms with Crippen molar-refractivity contribution in [2.75, 3.05) is 5.32 Å². The molecular formula is C18H14N3O4-. The number of amides is 1. The molecule has 0 saturated heterocycles. The van der Waals surface area contributed by atoms with Crippen LogP contribution in [0.3, 0.4) is 0 Å². The van der Waals surface area contributed by atoms with E-state index >= 15 is 0 Å². The molecule has 1 amide bonds. The van der Waals surface area contributed by atoms with Crippen LogP contribution in [0.4, 0.5) is 5.69 Å². The van der Waals surface area contributed by atoms with Crippen molar-refractivity contribution in [3.05, 3.63) is 70.6 Å². The highest BCUT2D eigenvalue weighted by Gasteiger charge is 2.20. The van der Waals surface area contributed by atoms with Crippen LogP contribution in [0.2, 0.25) is 0 Å². The Bertz CT molecular complexity index is 1010. The van der Waals surface area contributed by atoms with Crippen molar-refractivity contribution in [2.24, 2.45) is 0 Å². The smallest absolute Gasteiger partial charge is 0.275 e. The summed E-state index contributed by atoms with van der Waals surface area (Å²) in [6.45, 7) is 1.47. The number of hydrogen-bond acceptors (Lipinski definition) is 5. The molecule has 2 aromatic carbocycles. The van der Waals surface area contributed by atoms with Crippen LogP contribution in [-0.4, -0.2) is 21.7 Å². The molecule has 1 heterocycles. The highest BCUT2D eigenvalue weighted by Crippen LogP contribution is 2.15. The molecule has 0 saturated carbocycles. The van der Waals surface area contributed by atoms with Gasteiger partial charge in [-0.1, -0.05) is 36.4 Å². The van der Waals surface area contributed by atoms with Crippen molar-refractivity contribution in [1.29, 1.82) is 0 Å². The lowest BCUT2D eigenvalue weighted by Crippen LogP contribution is -2.36. The fourth-order valence-corrected chi connectivity index (χ4v) is 2.50. The molecule has 3 rings (SSSR count). The lowest BCUT2D eigenvalue weighted by molar-refractivity contribution is -0.255. The number of carboxylic acid groups (broad SMARTS) is 1. The van der Waals surface area contributed by atoms with Crippen LogP contribution in [0.1, 0.15) is 23.5 Å². The van der Waals surface area contributed by atoms with Gasteiger partial charge in [0, 0.05) is 11.1 Å². The summed E-state index contributed by atoms with van der Waals surface area (Å²) < 4.78 is 0.867. The number of aromatic carboxylic acids is 1. The number of aromatic nitrogens is 2. The monoisotopic (exact) mass is 336 g/mol. The first-order valence-electron chi connectivity index (χ1n) is 7.58. The van der Waals surface area contributed by atoms with E-state index in [1.807, 2.05) is 0 Å². The Morgan fingerprint density at radius 1 is 1.04 bits per heavy atom. The zero-order valence-corrected chi connectivity index (χ0v) is 13.3. The predicted molar refractivity (Wildman–Crippen MR) is 90.1 cm³/mol. The molecule has 0 spiro atoms. The van der Waals surface area contributed by atoms with Crippen LogP contribution in [0.25, 0.3) is 10.8 Å². The van der Waals surface area contributed by atoms with Gasteiger partial charge in [0.2, 0.25) is 5.91 Å². The molecule has 1 aromatic heterocycles. The Morgan fingerprint density at radius 2 is 1.64 bits per heavy atom. The van der Waals surface area contributed by atoms with Crippen LogP contribution in [0, 0.1) is 0 Å². The first-order valence-corrected chi connectivity index (χ1v) is 7.58. The van der Waals surface area contributed by atoms with Gasteiger partial charge in [0.15, 0.2) is 0 Å². The van der Waals surface area contributed by atoms with Gasteiger partial charge in [0.05, 0.1) is 11.4 Å². The number of para-hydroxylation sites is 1. The quantitative estimate of drug-likeness (QED) is 0.764. The number of nitrogens with zero attached hydrogens (tertiary/aromatic N) is 2. The number of benzene rings is 2. The van der Waals surface area contributed by atoms with Gasteiger partial charge in [-0.25, -0.2) is 4.68 Å². The molecule has 25 heavy (non-hydrogen) atoms. The number of carboxylic acids is 1. The van der Waals surface area contributed by atoms with Gasteiger partial charge in [-0.05, 0) is 25.1 Å². The van der Waals surface area contributed by atoms with Crippen molar-refractivity contribution in [2.45, 2.75) is 13.0 Å². The van der Waals surface area contributed by atoms with E-state index < -0.39 is 23.5 Å². The van der Waals surface area contributed by atoms with Gasteiger partial charge in [-0.2, -0.15) is 5.10 Å². The normalized spacial score (nSPS) is 11.9. The number of rotatable bonds is 4. The first-order chi connectivity index (χ1) is 12.0. The highest BCUT2D eigenvalue weighted by atomic mass is 16.4. The van der Waals surface area contributed by atoms with Crippen molar-refractivity contribution in [1.82, 2.24) is 9.78 Å². The molecule has 0 fully saturated rings. The Hall–Kier alpha value is -3.48. The van der Waals surface area contributed by atoms with Crippen LogP contribution in [0.15, 0.2) is 59.4 Å². The van der Waals surface area contributed by atoms with Crippen molar-refractivity contribution in [3.8, 4) is 0 Å². The van der Waals surface area contributed by atoms with Gasteiger partial charge < -0.3 is 15.2 Å². The fraction of sp³-hybridized carbons (Fsp3) is 0.111. The van der Waals surface area contributed by atoms with Crippen molar-refractivity contribution < 1.29 is 14.7 Å². The fourth-order valence-electron chi connectivity index (χ4n) is 2.50. The Balaban J connectivity index is 2.05. The van der Waals surface area contributed by atoms with E-state index in [0.29, 0.717) is 5.69 Å². The molecule has 0 radical (unpaired) electrons. The van der Waals surface area contributed by atoms with Gasteiger partial charge in [0.25, 0.3) is 5.56 Å². The second-order valence-electron chi connectivity index (χ2n) is 5.46. The maximum atomic E-state index is 12.6. The molecule has 3 aromatic rings. The molecule has 0 aliphatic heterocycles. The second-order valence-corrected chi connectivity index (χ2v) is 5.46. The summed E-state index contributed by atoms with van der Waals surface area (Å²) in [6.07, 6.45) is 0. The maximum Gasteiger partial charge on any atom is 0.275 e. The molecule has 0 bridgehead atoms. The molecular weight excluding hydrogens is 322 g/mol. The third kappa shape index (κ3) is 3.12. The second kappa shape index (κ2) is 6.56. The molecule has 1 N–H and O–H groups in total. The van der Waals surface area contributed by atoms with Gasteiger partial charge in [-0.15, -0.1) is 0 Å². The number of carbonyl (C=O) groups is 2. The minimum Gasteiger partial charge on any atom is -0.543 e. The van der Waals surface area contributed by atoms with Crippen molar-refractivity contribution in [3.63, 3.8) is 0 Å². The topological polar surface area (TPSA) is 104 Å². The molecule has 1 atom stereocenters. The summed E-state index contributed by atoms with van der Waals surface area (Å²) in [5, 5.41) is 18.2. The number of nitrogens with one attached hydrogen (secondary N) is 1. The first kappa shape index (κ1) is 16.4. The van der Waals surface area contributed by atoms with Crippen LogP contribution >= 0.6 is 0 Å². The standard InChI is InChI=1S/C18H15N3O4/c1-11(16(22)19-12-7-3-2-4-8-12)21-17(23)14-10-6-5-9-13(14)15(20-21)18(24)25/h2-11H,1H3,(H,19,22)(H,24,25)/p-1/t11-/m1/s1. The maximum absolute atomic E-state index is 12.6. The number of fused-ring (bicyclic) bond motifs is 1. The molecule has 0 unspecified atom stereocenters. The molecule has 7 nitrogen and oxygen atoms in total. The summed E-state index contributed by atoms with van der Waals surface area (Å²) in [5.74, 6) is -2.00. The van der Waals surface area contributed by atoms with Crippen LogP contribution in [-0.2, 0) is 4.79 Å².